The van der Waals surface area contributed by atoms with Gasteiger partial charge in [-0.3, -0.25) is 0 Å². The molecular weight excluding hydrogens is 250 g/mol. The number of piperidine rings is 1. The van der Waals surface area contributed by atoms with Crippen molar-refractivity contribution in [3.05, 3.63) is 42.2 Å². The fourth-order valence-electron chi connectivity index (χ4n) is 2.77. The largest absolute Gasteiger partial charge is 0.497 e. The zero-order chi connectivity index (χ0) is 13.8. The summed E-state index contributed by atoms with van der Waals surface area (Å²) in [4.78, 5) is 0. The summed E-state index contributed by atoms with van der Waals surface area (Å²) >= 11 is 0. The monoisotopic (exact) mass is 271 g/mol. The molecule has 0 spiro atoms. The number of methoxy groups -OCH3 is 1. The molecule has 4 heteroatoms. The molecule has 1 saturated heterocycles. The number of hydrogen-bond donors (Lipinski definition) is 1. The van der Waals surface area contributed by atoms with Crippen molar-refractivity contribution < 1.29 is 4.74 Å². The molecule has 3 rings (SSSR count). The molecule has 1 aliphatic rings. The van der Waals surface area contributed by atoms with E-state index in [0.29, 0.717) is 0 Å². The van der Waals surface area contributed by atoms with Crippen LogP contribution in [-0.2, 0) is 6.42 Å². The van der Waals surface area contributed by atoms with Gasteiger partial charge in [-0.15, -0.1) is 0 Å². The van der Waals surface area contributed by atoms with Gasteiger partial charge in [0.1, 0.15) is 5.75 Å². The van der Waals surface area contributed by atoms with E-state index in [9.17, 15) is 0 Å². The van der Waals surface area contributed by atoms with E-state index in [1.54, 1.807) is 7.11 Å². The minimum atomic E-state index is 0.747. The minimum Gasteiger partial charge on any atom is -0.497 e. The maximum atomic E-state index is 5.17. The van der Waals surface area contributed by atoms with Crippen molar-refractivity contribution >= 4 is 0 Å². The Morgan fingerprint density at radius 2 is 2.20 bits per heavy atom. The lowest BCUT2D eigenvalue weighted by molar-refractivity contribution is 0.376. The van der Waals surface area contributed by atoms with Gasteiger partial charge in [0.15, 0.2) is 0 Å². The standard InChI is InChI=1S/C16H21N3O/c1-20-16-6-4-15(5-7-16)19-12-14(11-18-19)9-13-3-2-8-17-10-13/h4-7,11-13,17H,2-3,8-10H2,1H3. The molecule has 0 aliphatic carbocycles. The molecule has 1 aromatic carbocycles. The van der Waals surface area contributed by atoms with Gasteiger partial charge in [-0.1, -0.05) is 0 Å². The van der Waals surface area contributed by atoms with Crippen molar-refractivity contribution in [3.63, 3.8) is 0 Å². The lowest BCUT2D eigenvalue weighted by Gasteiger charge is -2.21. The van der Waals surface area contributed by atoms with E-state index in [1.165, 1.54) is 24.9 Å². The smallest absolute Gasteiger partial charge is 0.119 e. The first kappa shape index (κ1) is 13.2. The van der Waals surface area contributed by atoms with Crippen LogP contribution in [0.4, 0.5) is 0 Å². The van der Waals surface area contributed by atoms with Gasteiger partial charge < -0.3 is 10.1 Å². The van der Waals surface area contributed by atoms with E-state index in [-0.39, 0.29) is 0 Å². The molecule has 0 bridgehead atoms. The summed E-state index contributed by atoms with van der Waals surface area (Å²) in [5.41, 5.74) is 2.38. The quantitative estimate of drug-likeness (QED) is 0.928. The SMILES string of the molecule is COc1ccc(-n2cc(CC3CCCNC3)cn2)cc1. The third-order valence-corrected chi connectivity index (χ3v) is 3.90. The number of hydrogen-bond acceptors (Lipinski definition) is 3. The zero-order valence-electron chi connectivity index (χ0n) is 11.9. The van der Waals surface area contributed by atoms with Gasteiger partial charge in [0, 0.05) is 6.20 Å². The zero-order valence-corrected chi connectivity index (χ0v) is 11.9. The summed E-state index contributed by atoms with van der Waals surface area (Å²) in [7, 11) is 1.68. The predicted octanol–water partition coefficient (Wildman–Crippen LogP) is 2.42. The highest BCUT2D eigenvalue weighted by Gasteiger charge is 2.14. The third-order valence-electron chi connectivity index (χ3n) is 3.90. The van der Waals surface area contributed by atoms with Crippen LogP contribution in [-0.4, -0.2) is 30.0 Å². The Balaban J connectivity index is 1.68. The number of benzene rings is 1. The second-order valence-corrected chi connectivity index (χ2v) is 5.41. The third kappa shape index (κ3) is 3.02. The highest BCUT2D eigenvalue weighted by atomic mass is 16.5. The Hall–Kier alpha value is -1.81. The Morgan fingerprint density at radius 1 is 1.35 bits per heavy atom. The van der Waals surface area contributed by atoms with E-state index < -0.39 is 0 Å². The summed E-state index contributed by atoms with van der Waals surface area (Å²) < 4.78 is 7.11. The minimum absolute atomic E-state index is 0.747. The normalized spacial score (nSPS) is 18.9. The van der Waals surface area contributed by atoms with Crippen molar-refractivity contribution in [1.29, 1.82) is 0 Å². The molecule has 20 heavy (non-hydrogen) atoms. The van der Waals surface area contributed by atoms with E-state index in [0.717, 1.165) is 30.3 Å². The number of aromatic nitrogens is 2. The molecule has 4 nitrogen and oxygen atoms in total. The van der Waals surface area contributed by atoms with E-state index >= 15 is 0 Å². The average Bonchev–Trinajstić information content (AvgIpc) is 2.97. The maximum absolute atomic E-state index is 5.17. The molecule has 2 aromatic rings. The molecule has 1 N–H and O–H groups in total. The fraction of sp³-hybridized carbons (Fsp3) is 0.438. The first-order chi connectivity index (χ1) is 9.85. The van der Waals surface area contributed by atoms with Crippen molar-refractivity contribution in [3.8, 4) is 11.4 Å². The Morgan fingerprint density at radius 3 is 2.90 bits per heavy atom. The van der Waals surface area contributed by atoms with Crippen molar-refractivity contribution in [2.75, 3.05) is 20.2 Å². The Bertz CT molecular complexity index is 541. The maximum Gasteiger partial charge on any atom is 0.119 e. The summed E-state index contributed by atoms with van der Waals surface area (Å²) in [5, 5.41) is 7.93. The van der Waals surface area contributed by atoms with Crippen LogP contribution in [0.3, 0.4) is 0 Å². The molecule has 1 aromatic heterocycles. The molecule has 106 valence electrons. The second kappa shape index (κ2) is 6.09. The summed E-state index contributed by atoms with van der Waals surface area (Å²) in [6.45, 7) is 2.30. The first-order valence-electron chi connectivity index (χ1n) is 7.24. The predicted molar refractivity (Wildman–Crippen MR) is 79.4 cm³/mol. The Kier molecular flexibility index (Phi) is 4.02. The van der Waals surface area contributed by atoms with Crippen LogP contribution in [0.1, 0.15) is 18.4 Å². The van der Waals surface area contributed by atoms with Gasteiger partial charge in [0.2, 0.25) is 0 Å². The number of nitrogens with one attached hydrogen (secondary N) is 1. The van der Waals surface area contributed by atoms with Crippen LogP contribution in [0.5, 0.6) is 5.75 Å². The summed E-state index contributed by atoms with van der Waals surface area (Å²) in [6, 6.07) is 7.97. The van der Waals surface area contributed by atoms with E-state index in [2.05, 4.69) is 16.6 Å². The van der Waals surface area contributed by atoms with Gasteiger partial charge in [-0.05, 0) is 68.1 Å². The molecule has 0 amide bonds. The topological polar surface area (TPSA) is 39.1 Å². The van der Waals surface area contributed by atoms with Gasteiger partial charge in [0.25, 0.3) is 0 Å². The molecule has 0 radical (unpaired) electrons. The van der Waals surface area contributed by atoms with Crippen LogP contribution in [0.15, 0.2) is 36.7 Å². The van der Waals surface area contributed by atoms with Crippen LogP contribution < -0.4 is 10.1 Å². The molecule has 0 saturated carbocycles. The Labute approximate surface area is 119 Å². The van der Waals surface area contributed by atoms with Crippen LogP contribution in [0, 0.1) is 5.92 Å². The van der Waals surface area contributed by atoms with Gasteiger partial charge in [0.05, 0.1) is 19.0 Å². The second-order valence-electron chi connectivity index (χ2n) is 5.41. The van der Waals surface area contributed by atoms with E-state index in [4.69, 9.17) is 4.74 Å². The average molecular weight is 271 g/mol. The summed E-state index contributed by atoms with van der Waals surface area (Å²) in [6.07, 6.45) is 7.84. The van der Waals surface area contributed by atoms with Gasteiger partial charge in [-0.25, -0.2) is 4.68 Å². The first-order valence-corrected chi connectivity index (χ1v) is 7.24. The fourth-order valence-corrected chi connectivity index (χ4v) is 2.77. The van der Waals surface area contributed by atoms with Crippen molar-refractivity contribution in [2.45, 2.75) is 19.3 Å². The molecule has 1 unspecified atom stereocenters. The number of nitrogens with zero attached hydrogens (tertiary/aromatic N) is 2. The molecule has 1 aliphatic heterocycles. The van der Waals surface area contributed by atoms with Crippen LogP contribution >= 0.6 is 0 Å². The molecule has 1 atom stereocenters. The molecule has 1 fully saturated rings. The highest BCUT2D eigenvalue weighted by Crippen LogP contribution is 2.18. The highest BCUT2D eigenvalue weighted by molar-refractivity contribution is 5.37. The van der Waals surface area contributed by atoms with Gasteiger partial charge >= 0.3 is 0 Å². The van der Waals surface area contributed by atoms with Crippen molar-refractivity contribution in [2.24, 2.45) is 5.92 Å². The lowest BCUT2D eigenvalue weighted by atomic mass is 9.94. The van der Waals surface area contributed by atoms with Gasteiger partial charge in [-0.2, -0.15) is 5.10 Å². The molecule has 2 heterocycles. The number of rotatable bonds is 4. The number of ether oxygens (including phenoxy) is 1. The van der Waals surface area contributed by atoms with Crippen molar-refractivity contribution in [1.82, 2.24) is 15.1 Å². The van der Waals surface area contributed by atoms with Crippen LogP contribution in [0.2, 0.25) is 0 Å². The van der Waals surface area contributed by atoms with E-state index in [1.807, 2.05) is 35.1 Å². The lowest BCUT2D eigenvalue weighted by Crippen LogP contribution is -2.30. The summed E-state index contributed by atoms with van der Waals surface area (Å²) in [5.74, 6) is 1.62. The molecular formula is C16H21N3O. The van der Waals surface area contributed by atoms with Crippen LogP contribution in [0.25, 0.3) is 5.69 Å².